The van der Waals surface area contributed by atoms with E-state index in [1.54, 1.807) is 23.6 Å². The molecule has 0 saturated heterocycles. The van der Waals surface area contributed by atoms with Crippen molar-refractivity contribution < 1.29 is 9.53 Å². The molecule has 1 atom stereocenters. The van der Waals surface area contributed by atoms with E-state index in [1.165, 1.54) is 0 Å². The number of carbonyl (C=O) groups is 1. The summed E-state index contributed by atoms with van der Waals surface area (Å²) in [6.45, 7) is 5.54. The summed E-state index contributed by atoms with van der Waals surface area (Å²) < 4.78 is 7.62. The Labute approximate surface area is 172 Å². The van der Waals surface area contributed by atoms with Crippen LogP contribution in [0.5, 0.6) is 5.75 Å². The van der Waals surface area contributed by atoms with Crippen LogP contribution in [0.2, 0.25) is 0 Å². The largest absolute Gasteiger partial charge is 0.481 e. The summed E-state index contributed by atoms with van der Waals surface area (Å²) >= 11 is 0. The van der Waals surface area contributed by atoms with Crippen molar-refractivity contribution in [3.8, 4) is 5.75 Å². The number of amides is 1. The molecule has 30 heavy (non-hydrogen) atoms. The Hall–Kier alpha value is -3.67. The van der Waals surface area contributed by atoms with Crippen molar-refractivity contribution in [3.63, 3.8) is 0 Å². The lowest BCUT2D eigenvalue weighted by Gasteiger charge is -2.16. The number of nitrogens with one attached hydrogen (secondary N) is 1. The van der Waals surface area contributed by atoms with Crippen LogP contribution in [0.1, 0.15) is 20.8 Å². The molecule has 0 spiro atoms. The molecule has 0 unspecified atom stereocenters. The van der Waals surface area contributed by atoms with Gasteiger partial charge < -0.3 is 10.1 Å². The normalized spacial score (nSPS) is 12.9. The van der Waals surface area contributed by atoms with Gasteiger partial charge in [0.05, 0.1) is 16.6 Å². The molecule has 0 aliphatic carbocycles. The van der Waals surface area contributed by atoms with Crippen LogP contribution < -0.4 is 15.6 Å². The molecular formula is C24H21N3O3. The molecule has 0 radical (unpaired) electrons. The molecule has 0 aliphatic rings. The minimum atomic E-state index is -0.628. The van der Waals surface area contributed by atoms with E-state index in [0.29, 0.717) is 11.1 Å². The smallest absolute Gasteiger partial charge is 0.263 e. The maximum absolute atomic E-state index is 13.3. The Bertz CT molecular complexity index is 1490. The van der Waals surface area contributed by atoms with Crippen molar-refractivity contribution in [2.45, 2.75) is 32.9 Å². The van der Waals surface area contributed by atoms with Gasteiger partial charge in [-0.15, -0.1) is 0 Å². The van der Waals surface area contributed by atoms with Gasteiger partial charge >= 0.3 is 0 Å². The average Bonchev–Trinajstić information content (AvgIpc) is 3.06. The van der Waals surface area contributed by atoms with Gasteiger partial charge in [-0.3, -0.25) is 19.0 Å². The summed E-state index contributed by atoms with van der Waals surface area (Å²) in [4.78, 5) is 30.1. The molecule has 6 nitrogen and oxygen atoms in total. The lowest BCUT2D eigenvalue weighted by molar-refractivity contribution is -0.127. The highest BCUT2D eigenvalue weighted by Gasteiger charge is 2.19. The van der Waals surface area contributed by atoms with E-state index in [9.17, 15) is 9.59 Å². The Morgan fingerprint density at radius 2 is 1.77 bits per heavy atom. The van der Waals surface area contributed by atoms with Crippen LogP contribution in [0, 0.1) is 0 Å². The predicted octanol–water partition coefficient (Wildman–Crippen LogP) is 3.88. The summed E-state index contributed by atoms with van der Waals surface area (Å²) in [7, 11) is 0. The number of hydrogen-bond donors (Lipinski definition) is 1. The predicted molar refractivity (Wildman–Crippen MR) is 119 cm³/mol. The van der Waals surface area contributed by atoms with Gasteiger partial charge in [0.2, 0.25) is 0 Å². The number of pyridine rings is 2. The van der Waals surface area contributed by atoms with Gasteiger partial charge in [-0.05, 0) is 51.1 Å². The second-order valence-electron chi connectivity index (χ2n) is 7.84. The molecular weight excluding hydrogens is 378 g/mol. The molecule has 1 N–H and O–H groups in total. The number of nitrogens with zero attached hydrogens (tertiary/aromatic N) is 2. The molecule has 0 fully saturated rings. The number of benzene rings is 2. The highest BCUT2D eigenvalue weighted by molar-refractivity contribution is 6.18. The first-order chi connectivity index (χ1) is 14.5. The van der Waals surface area contributed by atoms with E-state index < -0.39 is 6.10 Å². The second kappa shape index (κ2) is 6.69. The Kier molecular flexibility index (Phi) is 4.10. The lowest BCUT2D eigenvalue weighted by Crippen LogP contribution is -2.40. The fraction of sp³-hybridized carbons (Fsp3) is 0.208. The van der Waals surface area contributed by atoms with Gasteiger partial charge in [0.1, 0.15) is 5.75 Å². The van der Waals surface area contributed by atoms with E-state index in [2.05, 4.69) is 10.3 Å². The lowest BCUT2D eigenvalue weighted by atomic mass is 10.1. The third-order valence-corrected chi connectivity index (χ3v) is 5.38. The minimum absolute atomic E-state index is 0.0455. The Balaban J connectivity index is 1.72. The first-order valence-corrected chi connectivity index (χ1v) is 10.00. The summed E-state index contributed by atoms with van der Waals surface area (Å²) in [5, 5.41) is 6.17. The third-order valence-electron chi connectivity index (χ3n) is 5.38. The fourth-order valence-corrected chi connectivity index (χ4v) is 4.08. The summed E-state index contributed by atoms with van der Waals surface area (Å²) in [6, 6.07) is 15.1. The quantitative estimate of drug-likeness (QED) is 0.466. The van der Waals surface area contributed by atoms with Crippen LogP contribution >= 0.6 is 0 Å². The number of carbonyl (C=O) groups excluding carboxylic acids is 1. The first kappa shape index (κ1) is 18.4. The molecule has 3 aromatic heterocycles. The zero-order chi connectivity index (χ0) is 21.0. The molecule has 5 rings (SSSR count). The molecule has 0 aliphatic heterocycles. The van der Waals surface area contributed by atoms with Crippen molar-refractivity contribution in [1.82, 2.24) is 14.7 Å². The highest BCUT2D eigenvalue weighted by atomic mass is 16.5. The number of ether oxygens (including phenoxy) is 1. The molecule has 150 valence electrons. The maximum atomic E-state index is 13.3. The molecule has 3 heterocycles. The van der Waals surface area contributed by atoms with Gasteiger partial charge in [0, 0.05) is 33.8 Å². The number of hydrogen-bond acceptors (Lipinski definition) is 4. The van der Waals surface area contributed by atoms with E-state index in [1.807, 2.05) is 56.3 Å². The van der Waals surface area contributed by atoms with Crippen molar-refractivity contribution in [3.05, 3.63) is 65.1 Å². The van der Waals surface area contributed by atoms with Crippen molar-refractivity contribution in [1.29, 1.82) is 0 Å². The van der Waals surface area contributed by atoms with Crippen LogP contribution in [-0.4, -0.2) is 27.4 Å². The second-order valence-corrected chi connectivity index (χ2v) is 7.84. The Morgan fingerprint density at radius 3 is 2.53 bits per heavy atom. The Morgan fingerprint density at radius 1 is 1.00 bits per heavy atom. The molecule has 5 aromatic rings. The topological polar surface area (TPSA) is 72.7 Å². The highest BCUT2D eigenvalue weighted by Crippen LogP contribution is 2.34. The summed E-state index contributed by atoms with van der Waals surface area (Å²) in [5.41, 5.74) is 2.33. The van der Waals surface area contributed by atoms with Crippen LogP contribution in [0.3, 0.4) is 0 Å². The zero-order valence-electron chi connectivity index (χ0n) is 17.0. The van der Waals surface area contributed by atoms with Crippen molar-refractivity contribution in [2.24, 2.45) is 0 Å². The van der Waals surface area contributed by atoms with E-state index in [-0.39, 0.29) is 17.5 Å². The monoisotopic (exact) mass is 399 g/mol. The van der Waals surface area contributed by atoms with Crippen LogP contribution in [0.4, 0.5) is 0 Å². The third kappa shape index (κ3) is 2.68. The van der Waals surface area contributed by atoms with E-state index in [4.69, 9.17) is 4.74 Å². The van der Waals surface area contributed by atoms with Crippen molar-refractivity contribution >= 4 is 44.0 Å². The molecule has 6 heteroatoms. The summed E-state index contributed by atoms with van der Waals surface area (Å²) in [6.07, 6.45) is 1.14. The van der Waals surface area contributed by atoms with Crippen LogP contribution in [0.25, 0.3) is 38.1 Å². The average molecular weight is 399 g/mol. The molecule has 0 saturated carbocycles. The van der Waals surface area contributed by atoms with Crippen LogP contribution in [-0.2, 0) is 4.79 Å². The maximum Gasteiger partial charge on any atom is 0.263 e. The van der Waals surface area contributed by atoms with Crippen LogP contribution in [0.15, 0.2) is 59.5 Å². The van der Waals surface area contributed by atoms with E-state index in [0.717, 1.165) is 32.7 Å². The van der Waals surface area contributed by atoms with Crippen molar-refractivity contribution in [2.75, 3.05) is 0 Å². The molecule has 2 aromatic carbocycles. The number of aromatic nitrogens is 2. The standard InChI is InChI=1S/C24H21N3O3/c1-13(2)26-23(28)14(3)30-15-8-9-20-19(12-15)17-10-11-25-21-16-6-4-5-7-18(16)24(29)27(20)22(17)21/h4-14H,1-3H3,(H,26,28)/t14-/m0/s1. The van der Waals surface area contributed by atoms with E-state index >= 15 is 0 Å². The summed E-state index contributed by atoms with van der Waals surface area (Å²) in [5.74, 6) is 0.415. The number of fused-ring (bicyclic) bond motifs is 5. The van der Waals surface area contributed by atoms with Gasteiger partial charge in [-0.25, -0.2) is 0 Å². The zero-order valence-corrected chi connectivity index (χ0v) is 17.0. The first-order valence-electron chi connectivity index (χ1n) is 10.00. The SMILES string of the molecule is CC(C)NC(=O)[C@H](C)Oc1ccc2c(c1)c1ccnc3c4ccccc4c(=O)n2c13. The van der Waals surface area contributed by atoms with Gasteiger partial charge in [-0.1, -0.05) is 18.2 Å². The molecule has 0 bridgehead atoms. The fourth-order valence-electron chi connectivity index (χ4n) is 4.08. The molecule has 1 amide bonds. The minimum Gasteiger partial charge on any atom is -0.481 e. The van der Waals surface area contributed by atoms with Gasteiger partial charge in [0.15, 0.2) is 6.10 Å². The van der Waals surface area contributed by atoms with Gasteiger partial charge in [-0.2, -0.15) is 0 Å². The van der Waals surface area contributed by atoms with Gasteiger partial charge in [0.25, 0.3) is 11.5 Å². The number of rotatable bonds is 4.